The molecule has 0 spiro atoms. The maximum Gasteiger partial charge on any atom is 0.323 e. The van der Waals surface area contributed by atoms with Crippen molar-refractivity contribution in [1.29, 1.82) is 0 Å². The fourth-order valence-corrected chi connectivity index (χ4v) is 18.9. The molecule has 17 amide bonds. The summed E-state index contributed by atoms with van der Waals surface area (Å²) >= 11 is 0.753. The normalized spacial score (nSPS) is 24.9. The van der Waals surface area contributed by atoms with Gasteiger partial charge >= 0.3 is 5.97 Å². The molecular weight excluding hydrogens is 1940 g/mol. The van der Waals surface area contributed by atoms with Crippen molar-refractivity contribution in [3.63, 3.8) is 0 Å². The first-order valence-electron chi connectivity index (χ1n) is 49.4. The number of aliphatic hydroxyl groups excluding tert-OH is 7. The van der Waals surface area contributed by atoms with Gasteiger partial charge in [-0.2, -0.15) is 0 Å². The number of para-hydroxylation sites is 2. The Morgan fingerprint density at radius 1 is 0.544 bits per heavy atom. The molecule has 3 aliphatic rings. The number of carboxylic acids is 1. The molecule has 5 aromatic rings. The Balaban J connectivity index is 1.24. The maximum atomic E-state index is 16.0. The van der Waals surface area contributed by atoms with E-state index in [2.05, 4.69) is 63.5 Å². The summed E-state index contributed by atoms with van der Waals surface area (Å²) in [6, 6.07) is -3.86. The lowest BCUT2D eigenvalue weighted by molar-refractivity contribution is -0.149. The van der Waals surface area contributed by atoms with Gasteiger partial charge in [0.2, 0.25) is 100 Å². The van der Waals surface area contributed by atoms with Gasteiger partial charge in [0.1, 0.15) is 121 Å². The number of fused-ring (bicyclic) bond motifs is 4. The minimum absolute atomic E-state index is 0.0234. The largest absolute Gasteiger partial charge is 0.508 e. The van der Waals surface area contributed by atoms with Gasteiger partial charge in [0, 0.05) is 113 Å². The van der Waals surface area contributed by atoms with Crippen molar-refractivity contribution >= 4 is 140 Å². The molecule has 8 rings (SSSR count). The van der Waals surface area contributed by atoms with Gasteiger partial charge in [-0.25, -0.2) is 0 Å². The molecule has 2 aromatic heterocycles. The maximum absolute atomic E-state index is 16.0. The van der Waals surface area contributed by atoms with Gasteiger partial charge in [0.25, 0.3) is 0 Å². The van der Waals surface area contributed by atoms with Crippen molar-refractivity contribution in [1.82, 2.24) is 92.5 Å². The van der Waals surface area contributed by atoms with Crippen LogP contribution in [0.15, 0.2) is 85.2 Å². The molecule has 810 valence electrons. The number of aromatic nitrogens is 2. The number of amides is 17. The van der Waals surface area contributed by atoms with E-state index < -0.39 is 304 Å². The average molecular weight is 2080 g/mol. The van der Waals surface area contributed by atoms with Gasteiger partial charge in [-0.15, -0.1) is 11.8 Å². The Kier molecular flexibility index (Phi) is 46.1. The number of aromatic amines is 1. The number of likely N-dealkylation sites (N-methyl/N-ethyl adjacent to an activating group) is 3. The number of primary amides is 2. The smallest absolute Gasteiger partial charge is 0.323 e. The summed E-state index contributed by atoms with van der Waals surface area (Å²) in [6.07, 6.45) is -11.1. The van der Waals surface area contributed by atoms with E-state index in [4.69, 9.17) is 17.2 Å². The monoisotopic (exact) mass is 2080 g/mol. The van der Waals surface area contributed by atoms with E-state index in [-0.39, 0.29) is 89.0 Å². The van der Waals surface area contributed by atoms with E-state index in [0.29, 0.717) is 57.8 Å². The molecule has 3 fully saturated rings. The predicted molar refractivity (Wildman–Crippen MR) is 536 cm³/mol. The van der Waals surface area contributed by atoms with E-state index in [1.807, 2.05) is 13.8 Å². The Morgan fingerprint density at radius 2 is 1.09 bits per heavy atom. The van der Waals surface area contributed by atoms with Gasteiger partial charge in [-0.1, -0.05) is 116 Å². The van der Waals surface area contributed by atoms with Crippen LogP contribution in [0.25, 0.3) is 21.8 Å². The molecule has 3 saturated heterocycles. The van der Waals surface area contributed by atoms with E-state index >= 15 is 47.9 Å². The van der Waals surface area contributed by atoms with Crippen molar-refractivity contribution in [2.75, 3.05) is 78.5 Å². The third-order valence-electron chi connectivity index (χ3n) is 26.2. The fraction of sp³-hybridized carbons (Fsp3) is 0.592. The molecule has 0 unspecified atom stereocenters. The number of carbonyl (C=O) groups excluding carboxylic acids is 17. The molecular formula is C98H145N21O27S. The summed E-state index contributed by atoms with van der Waals surface area (Å²) in [5.74, 6) is -20.3. The lowest BCUT2D eigenvalue weighted by Gasteiger charge is -2.36. The number of aromatic hydroxyl groups is 1. The zero-order chi connectivity index (χ0) is 109. The van der Waals surface area contributed by atoms with Crippen molar-refractivity contribution in [3.05, 3.63) is 102 Å². The van der Waals surface area contributed by atoms with Crippen molar-refractivity contribution in [2.45, 2.75) is 279 Å². The zero-order valence-electron chi connectivity index (χ0n) is 84.4. The SMILES string of the molecule is CCCC[C@H]1C(=O)N(C)[C@@H](CCCC)C(=O)N[C@@H](CC(C)C)C(=O)N[C@H](C(=O)NCC(N)=O)CSCC(=O)N[C@@H](Cc2ccc(O)cc2)C(=O)N(C)[C@@H](C)C(=O)N[C@@H](CC(N)=O)C(=O)N2CCC[C@H]2C(=O)N[C@@H](CNC[C@@H](O)[C@H](O)[C@@H](O)[C@@H](O)[C@H](O)CO)C(=O)N[C@@H](CC(C)C)C(=O)N2C[C@H](O)C[C@H]2C(=O)N[C@@H](Cc2c[nH]c3ccccc23)C(=O)N[C@@H](CCN)C(=O)N[C@@H](Cc2cn(CC(=O)O)c3ccccc23)C(=O)N1C. The van der Waals surface area contributed by atoms with E-state index in [1.165, 1.54) is 63.1 Å². The number of H-pyrrole nitrogens is 1. The first-order valence-corrected chi connectivity index (χ1v) is 50.5. The molecule has 147 heavy (non-hydrogen) atoms. The lowest BCUT2D eigenvalue weighted by Crippen LogP contribution is -2.62. The van der Waals surface area contributed by atoms with E-state index in [1.54, 1.807) is 82.4 Å². The molecule has 0 bridgehead atoms. The topological polar surface area (TPSA) is 737 Å². The van der Waals surface area contributed by atoms with Crippen LogP contribution < -0.4 is 75.7 Å². The highest BCUT2D eigenvalue weighted by molar-refractivity contribution is 8.00. The molecule has 0 radical (unpaired) electrons. The van der Waals surface area contributed by atoms with Gasteiger partial charge in [-0.3, -0.25) is 86.3 Å². The number of thioether (sulfide) groups is 1. The van der Waals surface area contributed by atoms with Crippen LogP contribution in [-0.4, -0.2) is 386 Å². The number of phenols is 1. The number of aliphatic carboxylic acids is 1. The van der Waals surface area contributed by atoms with Crippen LogP contribution >= 0.6 is 11.8 Å². The molecule has 27 N–H and O–H groups in total. The van der Waals surface area contributed by atoms with Crippen molar-refractivity contribution < 1.29 is 132 Å². The molecule has 0 aliphatic carbocycles. The summed E-state index contributed by atoms with van der Waals surface area (Å²) in [6.45, 7) is 6.63. The first-order chi connectivity index (χ1) is 69.6. The molecule has 48 nitrogen and oxygen atoms in total. The van der Waals surface area contributed by atoms with Crippen LogP contribution in [0, 0.1) is 11.8 Å². The fourth-order valence-electron chi connectivity index (χ4n) is 18.0. The van der Waals surface area contributed by atoms with Gasteiger partial charge < -0.3 is 156 Å². The average Bonchev–Trinajstić information content (AvgIpc) is 1.65. The third kappa shape index (κ3) is 33.8. The summed E-state index contributed by atoms with van der Waals surface area (Å²) < 4.78 is 1.42. The highest BCUT2D eigenvalue weighted by atomic mass is 32.2. The van der Waals surface area contributed by atoms with Crippen LogP contribution in [0.2, 0.25) is 0 Å². The molecule has 0 saturated carbocycles. The summed E-state index contributed by atoms with van der Waals surface area (Å²) in [7, 11) is 3.83. The number of aliphatic hydroxyl groups is 7. The number of nitrogens with one attached hydrogen (secondary N) is 12. The summed E-state index contributed by atoms with van der Waals surface area (Å²) in [4.78, 5) is 274. The number of phenolic OH excluding ortho intramolecular Hbond substituents is 1. The van der Waals surface area contributed by atoms with Crippen LogP contribution in [0.5, 0.6) is 5.75 Å². The van der Waals surface area contributed by atoms with Gasteiger partial charge in [0.15, 0.2) is 0 Å². The highest BCUT2D eigenvalue weighted by Crippen LogP contribution is 2.30. The molecule has 3 aromatic carbocycles. The number of carboxylic acid groups (broad SMARTS) is 1. The van der Waals surface area contributed by atoms with Crippen molar-refractivity contribution in [3.8, 4) is 5.75 Å². The summed E-state index contributed by atoms with van der Waals surface area (Å²) in [5.41, 5.74) is 19.6. The molecule has 20 atom stereocenters. The first kappa shape index (κ1) is 119. The Morgan fingerprint density at radius 3 is 1.73 bits per heavy atom. The second-order valence-corrected chi connectivity index (χ2v) is 39.5. The molecule has 5 heterocycles. The van der Waals surface area contributed by atoms with Crippen LogP contribution in [-0.2, 0) is 112 Å². The number of carbonyl (C=O) groups is 18. The number of hydrogen-bond donors (Lipinski definition) is 24. The second-order valence-electron chi connectivity index (χ2n) is 38.5. The van der Waals surface area contributed by atoms with Crippen LogP contribution in [0.1, 0.15) is 149 Å². The Labute approximate surface area is 854 Å². The van der Waals surface area contributed by atoms with E-state index in [9.17, 15) is 84.3 Å². The standard InChI is InChI=1S/C98H145N21O27S/c1-11-13-23-72-91(139)107-63(34-51(3)4)88(136)113-70(86(134)104-44-79(101)126)49-147-50-80(127)105-66(36-54-27-29-57(121)30-28-54)94(142)114(8)53(7)85(133)109-68(40-78(100)125)96(144)118-33-19-26-73(118)92(140)112-69(42-102-43-76(123)82(130)84(132)83(131)77(124)48-120)90(138)110-65(35-52(5)6)97(145)119-46-58(122)39-75(119)93(141)108-64(37-55-41-103-61-22-17-15-20-59(55)61)89(137)106-62(31-32-99)87(135)111-67(95(143)116(10)74(24-14-12-2)98(146)115(72)9)38-56-45-117(47-81(128)129)71-25-18-16-21-60(56)71/h15-18,20-22,25,27-30,41,45,51-53,58,62-70,72-77,82-84,102-103,120-124,130-132H,11-14,19,23-24,26,31-40,42-44,46-50,99H2,1-10H3,(H2,100,125)(H2,101,126)(H,104,134)(H,105,127)(H,106,137)(H,107,139)(H,108,141)(H,109,133)(H,110,138)(H,111,135)(H,112,140)(H,113,136)(H,128,129)/t53-,58+,62-,63-,64-,65-,66-,67-,68-,69-,70-,72-,73-,74-,75-,76+,77+,82-,83-,84+/m0/s1. The number of nitrogens with zero attached hydrogens (tertiary/aromatic N) is 6. The number of benzene rings is 3. The van der Waals surface area contributed by atoms with Gasteiger partial charge in [0.05, 0.1) is 37.5 Å². The van der Waals surface area contributed by atoms with Gasteiger partial charge in [-0.05, 0) is 111 Å². The van der Waals surface area contributed by atoms with Crippen LogP contribution in [0.4, 0.5) is 0 Å². The zero-order valence-corrected chi connectivity index (χ0v) is 85.2. The summed E-state index contributed by atoms with van der Waals surface area (Å²) in [5, 5.41) is 125. The third-order valence-corrected chi connectivity index (χ3v) is 27.3. The highest BCUT2D eigenvalue weighted by Gasteiger charge is 2.48. The second kappa shape index (κ2) is 56.8. The number of unbranched alkanes of at least 4 members (excludes halogenated alkanes) is 2. The molecule has 49 heteroatoms. The number of rotatable bonds is 34. The lowest BCUT2D eigenvalue weighted by atomic mass is 9.99. The molecule has 3 aliphatic heterocycles. The Bertz CT molecular complexity index is 5420. The number of nitrogens with two attached hydrogens (primary N) is 3. The predicted octanol–water partition coefficient (Wildman–Crippen LogP) is -5.81. The van der Waals surface area contributed by atoms with E-state index in [0.717, 1.165) is 36.3 Å². The minimum atomic E-state index is -2.30. The van der Waals surface area contributed by atoms with Crippen molar-refractivity contribution in [2.24, 2.45) is 29.0 Å². The Hall–Kier alpha value is -13.0. The van der Waals surface area contributed by atoms with Crippen LogP contribution in [0.3, 0.4) is 0 Å². The minimum Gasteiger partial charge on any atom is -0.508 e. The number of hydrogen-bond acceptors (Lipinski definition) is 29. The quantitative estimate of drug-likeness (QED) is 0.0182.